The molecule has 0 spiro atoms. The molecule has 4 heterocycles. The molecule has 0 radical (unpaired) electrons. The van der Waals surface area contributed by atoms with E-state index in [0.717, 1.165) is 18.4 Å². The van der Waals surface area contributed by atoms with Crippen LogP contribution in [-0.4, -0.2) is 54.7 Å². The zero-order valence-corrected chi connectivity index (χ0v) is 35.1. The highest BCUT2D eigenvalue weighted by atomic mass is 35.5. The number of alkyl halides is 4. The van der Waals surface area contributed by atoms with Crippen molar-refractivity contribution in [1.29, 1.82) is 0 Å². The molecule has 6 aromatic rings. The molecular weight excluding hydrogens is 860 g/mol. The topological polar surface area (TPSA) is 142 Å². The van der Waals surface area contributed by atoms with Crippen LogP contribution in [0.4, 0.5) is 32.2 Å². The number of anilines is 1. The molecule has 1 fully saturated rings. The van der Waals surface area contributed by atoms with Gasteiger partial charge < -0.3 is 9.88 Å². The maximum atomic E-state index is 15.7. The lowest BCUT2D eigenvalue weighted by atomic mass is 9.93. The van der Waals surface area contributed by atoms with Crippen molar-refractivity contribution < 1.29 is 39.6 Å². The Bertz CT molecular complexity index is 3020. The zero-order valence-electron chi connectivity index (χ0n) is 33.5. The number of rotatable bonds is 11. The molecule has 1 amide bonds. The normalized spacial score (nSPS) is 17.1. The van der Waals surface area contributed by atoms with Crippen molar-refractivity contribution in [2.45, 2.75) is 63.6 Å². The number of hydrogen-bond donors (Lipinski definition) is 2. The molecule has 2 aliphatic carbocycles. The first-order valence-corrected chi connectivity index (χ1v) is 21.2. The van der Waals surface area contributed by atoms with E-state index in [9.17, 15) is 30.8 Å². The third-order valence-electron chi connectivity index (χ3n) is 10.9. The SMILES string of the molecule is C=C1[C@@H]2c3c(C(F)F)nn(CC(=O)N[C@@H](Cc4cc(F)cc(F)c4)c4nc(C#CC(C)(C)n5ccnc5C)ccc4-c4ccc(Cl)c5c(NS(C)(=O)=O)nn(C)c45)c3C(F)(F)[C@H]12. The van der Waals surface area contributed by atoms with E-state index in [2.05, 4.69) is 43.6 Å². The molecule has 8 rings (SSSR count). The van der Waals surface area contributed by atoms with Gasteiger partial charge in [-0.3, -0.25) is 18.9 Å². The Hall–Kier alpha value is -6.13. The Balaban J connectivity index is 1.29. The first kappa shape index (κ1) is 42.6. The number of nitrogens with one attached hydrogen (secondary N) is 2. The van der Waals surface area contributed by atoms with E-state index in [4.69, 9.17) is 16.6 Å². The smallest absolute Gasteiger partial charge is 0.297 e. The first-order chi connectivity index (χ1) is 29.1. The number of amides is 1. The molecule has 1 saturated carbocycles. The number of aryl methyl sites for hydroxylation is 2. The summed E-state index contributed by atoms with van der Waals surface area (Å²) in [6, 6.07) is 7.75. The van der Waals surface area contributed by atoms with Gasteiger partial charge in [-0.25, -0.2) is 35.9 Å². The van der Waals surface area contributed by atoms with Gasteiger partial charge in [0, 0.05) is 48.1 Å². The fourth-order valence-electron chi connectivity index (χ4n) is 8.37. The van der Waals surface area contributed by atoms with E-state index in [1.165, 1.54) is 10.7 Å². The van der Waals surface area contributed by atoms with Crippen LogP contribution in [-0.2, 0) is 46.3 Å². The third-order valence-corrected chi connectivity index (χ3v) is 11.8. The summed E-state index contributed by atoms with van der Waals surface area (Å²) >= 11 is 6.64. The van der Waals surface area contributed by atoms with E-state index in [-0.39, 0.29) is 50.7 Å². The van der Waals surface area contributed by atoms with E-state index in [1.807, 2.05) is 25.3 Å². The number of carbonyl (C=O) groups is 1. The van der Waals surface area contributed by atoms with Crippen LogP contribution >= 0.6 is 11.6 Å². The van der Waals surface area contributed by atoms with Crippen LogP contribution in [0.25, 0.3) is 22.0 Å². The van der Waals surface area contributed by atoms with Crippen molar-refractivity contribution in [3.8, 4) is 23.0 Å². The number of imidazole rings is 1. The van der Waals surface area contributed by atoms with Gasteiger partial charge in [-0.1, -0.05) is 35.7 Å². The van der Waals surface area contributed by atoms with Gasteiger partial charge in [-0.15, -0.1) is 0 Å². The summed E-state index contributed by atoms with van der Waals surface area (Å²) in [4.78, 5) is 23.3. The molecule has 4 aromatic heterocycles. The lowest BCUT2D eigenvalue weighted by Gasteiger charge is -2.23. The molecule has 2 aromatic carbocycles. The average Bonchev–Trinajstić information content (AvgIpc) is 3.52. The van der Waals surface area contributed by atoms with Crippen molar-refractivity contribution in [1.82, 2.24) is 39.4 Å². The Kier molecular flexibility index (Phi) is 10.3. The van der Waals surface area contributed by atoms with Gasteiger partial charge >= 0.3 is 0 Å². The van der Waals surface area contributed by atoms with Gasteiger partial charge in [0.05, 0.1) is 39.8 Å². The van der Waals surface area contributed by atoms with Crippen LogP contribution in [0.3, 0.4) is 0 Å². The van der Waals surface area contributed by atoms with Crippen LogP contribution in [0.5, 0.6) is 0 Å². The summed E-state index contributed by atoms with van der Waals surface area (Å²) in [5.74, 6) is -2.02. The number of carbonyl (C=O) groups excluding carboxylic acids is 1. The summed E-state index contributed by atoms with van der Waals surface area (Å²) < 4.78 is 120. The van der Waals surface area contributed by atoms with Crippen LogP contribution in [0.15, 0.2) is 67.0 Å². The van der Waals surface area contributed by atoms with Gasteiger partial charge in [0.25, 0.3) is 12.3 Å². The molecule has 3 atom stereocenters. The van der Waals surface area contributed by atoms with Crippen LogP contribution in [0, 0.1) is 36.3 Å². The molecule has 2 N–H and O–H groups in total. The largest absolute Gasteiger partial charge is 0.346 e. The summed E-state index contributed by atoms with van der Waals surface area (Å²) in [6.45, 7) is 8.20. The zero-order chi connectivity index (χ0) is 44.8. The number of sulfonamides is 1. The highest BCUT2D eigenvalue weighted by Crippen LogP contribution is 2.71. The fraction of sp³-hybridized carbons (Fsp3) is 0.310. The average molecular weight is 896 g/mol. The Morgan fingerprint density at radius 3 is 2.40 bits per heavy atom. The molecular formula is C42H36ClF6N9O3S. The minimum absolute atomic E-state index is 0.0558. The quantitative estimate of drug-likeness (QED) is 0.0767. The van der Waals surface area contributed by atoms with Crippen molar-refractivity contribution in [3.05, 3.63) is 123 Å². The summed E-state index contributed by atoms with van der Waals surface area (Å²) in [7, 11) is -2.30. The van der Waals surface area contributed by atoms with Crippen molar-refractivity contribution in [2.24, 2.45) is 13.0 Å². The molecule has 62 heavy (non-hydrogen) atoms. The maximum Gasteiger partial charge on any atom is 0.297 e. The van der Waals surface area contributed by atoms with E-state index < -0.39 is 81.3 Å². The van der Waals surface area contributed by atoms with Gasteiger partial charge in [0.1, 0.15) is 46.6 Å². The number of benzene rings is 2. The number of aromatic nitrogens is 7. The summed E-state index contributed by atoms with van der Waals surface area (Å²) in [5, 5.41) is 11.2. The van der Waals surface area contributed by atoms with Gasteiger partial charge in [-0.2, -0.15) is 19.0 Å². The van der Waals surface area contributed by atoms with E-state index in [0.29, 0.717) is 33.2 Å². The van der Waals surface area contributed by atoms with E-state index in [1.54, 1.807) is 37.6 Å². The van der Waals surface area contributed by atoms with Crippen molar-refractivity contribution in [2.75, 3.05) is 11.0 Å². The minimum Gasteiger partial charge on any atom is -0.346 e. The molecule has 0 bridgehead atoms. The lowest BCUT2D eigenvalue weighted by molar-refractivity contribution is -0.122. The Labute approximate surface area is 356 Å². The number of fused-ring (bicyclic) bond motifs is 4. The second-order valence-corrected chi connectivity index (χ2v) is 18.0. The van der Waals surface area contributed by atoms with Crippen molar-refractivity contribution in [3.63, 3.8) is 0 Å². The Morgan fingerprint density at radius 2 is 1.76 bits per heavy atom. The number of pyridine rings is 1. The monoisotopic (exact) mass is 895 g/mol. The van der Waals surface area contributed by atoms with Gasteiger partial charge in [0.2, 0.25) is 15.9 Å². The molecule has 0 saturated heterocycles. The van der Waals surface area contributed by atoms with Crippen LogP contribution in [0.2, 0.25) is 5.02 Å². The van der Waals surface area contributed by atoms with Crippen LogP contribution < -0.4 is 10.0 Å². The predicted octanol–water partition coefficient (Wildman–Crippen LogP) is 7.84. The second kappa shape index (κ2) is 15.0. The Morgan fingerprint density at radius 1 is 1.06 bits per heavy atom. The number of allylic oxidation sites excluding steroid dienone is 1. The fourth-order valence-corrected chi connectivity index (χ4v) is 9.10. The van der Waals surface area contributed by atoms with Gasteiger partial charge in [-0.05, 0) is 69.0 Å². The van der Waals surface area contributed by atoms with Crippen molar-refractivity contribution >= 4 is 44.3 Å². The second-order valence-electron chi connectivity index (χ2n) is 15.8. The third kappa shape index (κ3) is 7.59. The number of nitrogens with zero attached hydrogens (tertiary/aromatic N) is 7. The number of halogens is 7. The minimum atomic E-state index is -3.84. The molecule has 322 valence electrons. The molecule has 2 aliphatic rings. The lowest BCUT2D eigenvalue weighted by Crippen LogP contribution is -2.35. The summed E-state index contributed by atoms with van der Waals surface area (Å²) in [6.07, 6.45) is 0.774. The highest BCUT2D eigenvalue weighted by molar-refractivity contribution is 7.92. The maximum absolute atomic E-state index is 15.7. The molecule has 12 nitrogen and oxygen atoms in total. The molecule has 0 aliphatic heterocycles. The number of hydrogen-bond acceptors (Lipinski definition) is 7. The van der Waals surface area contributed by atoms with Crippen LogP contribution in [0.1, 0.15) is 72.0 Å². The highest BCUT2D eigenvalue weighted by Gasteiger charge is 2.70. The predicted molar refractivity (Wildman–Crippen MR) is 218 cm³/mol. The van der Waals surface area contributed by atoms with E-state index >= 15 is 8.78 Å². The molecule has 0 unspecified atom stereocenters. The molecule has 20 heteroatoms. The standard InChI is InChI=1S/C42H36ClF6N9O3S/c1-20-31-33-36(39(46)47)53-58(38(33)42(48,49)34(20)31)19-30(59)52-29(17-22-15-23(44)18-24(45)16-22)35-26(8-7-25(51-35)11-12-41(3,4)57-14-13-50-21(57)2)27-9-10-28(43)32-37(27)56(5)54-40(32)55-62(6,60)61/h7-10,13-16,18,29,31,34,39H,1,17,19H2,2-6H3,(H,52,59)(H,54,55)/t29-,31+,34+/m0/s1. The first-order valence-electron chi connectivity index (χ1n) is 18.9. The van der Waals surface area contributed by atoms with Gasteiger partial charge in [0.15, 0.2) is 5.82 Å². The summed E-state index contributed by atoms with van der Waals surface area (Å²) in [5.41, 5.74) is -1.45.